The largest absolute Gasteiger partial charge is 0.399 e. The molecule has 1 aliphatic carbocycles. The maximum absolute atomic E-state index is 11.9. The van der Waals surface area contributed by atoms with E-state index in [1.165, 1.54) is 0 Å². The molecule has 4 N–H and O–H groups in total. The number of anilines is 2. The number of hydrogen-bond acceptors (Lipinski definition) is 3. The zero-order valence-electron chi connectivity index (χ0n) is 11.0. The van der Waals surface area contributed by atoms with Crippen molar-refractivity contribution in [2.24, 2.45) is 5.92 Å². The summed E-state index contributed by atoms with van der Waals surface area (Å²) in [6, 6.07) is 5.85. The first-order valence-electron chi connectivity index (χ1n) is 6.54. The van der Waals surface area contributed by atoms with E-state index < -0.39 is 0 Å². The predicted octanol–water partition coefficient (Wildman–Crippen LogP) is 2.23. The Balaban J connectivity index is 2.15. The van der Waals surface area contributed by atoms with Crippen LogP contribution in [-0.4, -0.2) is 18.5 Å². The van der Waals surface area contributed by atoms with Crippen LogP contribution in [0.3, 0.4) is 0 Å². The number of hydrogen-bond donors (Lipinski definition) is 3. The van der Waals surface area contributed by atoms with E-state index in [0.29, 0.717) is 23.8 Å². The molecular weight excluding hydrogens is 226 g/mol. The standard InChI is InChI=1S/C14H21N3O/c1-3-16-14(18)12-5-4-10(15)8-13(12)17-11-6-9(2)7-11/h4-5,8-9,11,17H,3,6-7,15H2,1-2H3,(H,16,18). The molecule has 18 heavy (non-hydrogen) atoms. The third-order valence-electron chi connectivity index (χ3n) is 3.36. The minimum Gasteiger partial charge on any atom is -0.399 e. The minimum absolute atomic E-state index is 0.0487. The molecule has 1 fully saturated rings. The molecule has 1 aromatic carbocycles. The quantitative estimate of drug-likeness (QED) is 0.715. The number of carbonyl (C=O) groups is 1. The molecular formula is C14H21N3O. The summed E-state index contributed by atoms with van der Waals surface area (Å²) >= 11 is 0. The molecule has 0 heterocycles. The van der Waals surface area contributed by atoms with Gasteiger partial charge in [0.05, 0.1) is 5.56 Å². The average molecular weight is 247 g/mol. The first-order chi connectivity index (χ1) is 8.60. The molecule has 4 heteroatoms. The first kappa shape index (κ1) is 12.7. The van der Waals surface area contributed by atoms with Crippen molar-refractivity contribution in [2.45, 2.75) is 32.7 Å². The molecule has 98 valence electrons. The molecule has 1 aliphatic rings. The molecule has 1 aromatic rings. The van der Waals surface area contributed by atoms with Crippen LogP contribution in [0.2, 0.25) is 0 Å². The summed E-state index contributed by atoms with van der Waals surface area (Å²) in [5.74, 6) is 0.726. The van der Waals surface area contributed by atoms with Gasteiger partial charge in [-0.2, -0.15) is 0 Å². The Morgan fingerprint density at radius 3 is 2.78 bits per heavy atom. The molecule has 0 bridgehead atoms. The Hall–Kier alpha value is -1.71. The lowest BCUT2D eigenvalue weighted by atomic mass is 9.81. The number of nitrogens with one attached hydrogen (secondary N) is 2. The van der Waals surface area contributed by atoms with E-state index in [1.807, 2.05) is 13.0 Å². The fraction of sp³-hybridized carbons (Fsp3) is 0.500. The molecule has 0 saturated heterocycles. The SMILES string of the molecule is CCNC(=O)c1ccc(N)cc1NC1CC(C)C1. The minimum atomic E-state index is -0.0487. The molecule has 0 aromatic heterocycles. The normalized spacial score (nSPS) is 22.1. The molecule has 0 aliphatic heterocycles. The highest BCUT2D eigenvalue weighted by Gasteiger charge is 2.26. The fourth-order valence-corrected chi connectivity index (χ4v) is 2.38. The highest BCUT2D eigenvalue weighted by Crippen LogP contribution is 2.31. The summed E-state index contributed by atoms with van der Waals surface area (Å²) in [5.41, 5.74) is 7.99. The van der Waals surface area contributed by atoms with Crippen molar-refractivity contribution < 1.29 is 4.79 Å². The molecule has 2 rings (SSSR count). The summed E-state index contributed by atoms with van der Waals surface area (Å²) in [7, 11) is 0. The van der Waals surface area contributed by atoms with Crippen molar-refractivity contribution in [1.29, 1.82) is 0 Å². The van der Waals surface area contributed by atoms with Crippen LogP contribution < -0.4 is 16.4 Å². The van der Waals surface area contributed by atoms with Gasteiger partial charge in [0.15, 0.2) is 0 Å². The van der Waals surface area contributed by atoms with Gasteiger partial charge in [-0.1, -0.05) is 6.92 Å². The first-order valence-corrected chi connectivity index (χ1v) is 6.54. The Morgan fingerprint density at radius 2 is 2.17 bits per heavy atom. The van der Waals surface area contributed by atoms with E-state index in [0.717, 1.165) is 24.4 Å². The van der Waals surface area contributed by atoms with E-state index in [4.69, 9.17) is 5.73 Å². The highest BCUT2D eigenvalue weighted by molar-refractivity contribution is 6.00. The molecule has 0 spiro atoms. The van der Waals surface area contributed by atoms with Gasteiger partial charge < -0.3 is 16.4 Å². The third-order valence-corrected chi connectivity index (χ3v) is 3.36. The van der Waals surface area contributed by atoms with Gasteiger partial charge in [0, 0.05) is 24.0 Å². The molecule has 1 saturated carbocycles. The van der Waals surface area contributed by atoms with E-state index in [2.05, 4.69) is 17.6 Å². The van der Waals surface area contributed by atoms with Crippen molar-refractivity contribution in [2.75, 3.05) is 17.6 Å². The number of amides is 1. The van der Waals surface area contributed by atoms with Crippen molar-refractivity contribution in [1.82, 2.24) is 5.32 Å². The average Bonchev–Trinajstić information content (AvgIpc) is 2.27. The van der Waals surface area contributed by atoms with Crippen molar-refractivity contribution in [3.8, 4) is 0 Å². The van der Waals surface area contributed by atoms with Crippen molar-refractivity contribution in [3.05, 3.63) is 23.8 Å². The van der Waals surface area contributed by atoms with Crippen LogP contribution in [0.25, 0.3) is 0 Å². The summed E-state index contributed by atoms with van der Waals surface area (Å²) in [6.07, 6.45) is 2.31. The fourth-order valence-electron chi connectivity index (χ4n) is 2.38. The second-order valence-electron chi connectivity index (χ2n) is 5.08. The number of nitrogens with two attached hydrogens (primary N) is 1. The zero-order chi connectivity index (χ0) is 13.1. The van der Waals surface area contributed by atoms with Crippen LogP contribution in [0.15, 0.2) is 18.2 Å². The van der Waals surface area contributed by atoms with Crippen LogP contribution >= 0.6 is 0 Å². The molecule has 4 nitrogen and oxygen atoms in total. The Labute approximate surface area is 108 Å². The van der Waals surface area contributed by atoms with Crippen LogP contribution in [0, 0.1) is 5.92 Å². The van der Waals surface area contributed by atoms with E-state index in [1.54, 1.807) is 12.1 Å². The third kappa shape index (κ3) is 2.75. The molecule has 1 amide bonds. The summed E-state index contributed by atoms with van der Waals surface area (Å²) in [6.45, 7) is 4.78. The number of nitrogen functional groups attached to an aromatic ring is 1. The predicted molar refractivity (Wildman–Crippen MR) is 74.7 cm³/mol. The van der Waals surface area contributed by atoms with Crippen LogP contribution in [0.1, 0.15) is 37.0 Å². The Bertz CT molecular complexity index is 439. The van der Waals surface area contributed by atoms with Crippen LogP contribution in [0.4, 0.5) is 11.4 Å². The lowest BCUT2D eigenvalue weighted by Gasteiger charge is -2.34. The van der Waals surface area contributed by atoms with Gasteiger partial charge in [-0.15, -0.1) is 0 Å². The van der Waals surface area contributed by atoms with Gasteiger partial charge in [-0.3, -0.25) is 4.79 Å². The van der Waals surface area contributed by atoms with Gasteiger partial charge in [0.25, 0.3) is 5.91 Å². The molecule has 0 atom stereocenters. The Kier molecular flexibility index (Phi) is 3.75. The second-order valence-corrected chi connectivity index (χ2v) is 5.08. The van der Waals surface area contributed by atoms with E-state index in [-0.39, 0.29) is 5.91 Å². The summed E-state index contributed by atoms with van der Waals surface area (Å²) in [4.78, 5) is 11.9. The van der Waals surface area contributed by atoms with Crippen LogP contribution in [0.5, 0.6) is 0 Å². The molecule has 0 radical (unpaired) electrons. The van der Waals surface area contributed by atoms with Crippen molar-refractivity contribution >= 4 is 17.3 Å². The zero-order valence-corrected chi connectivity index (χ0v) is 11.0. The van der Waals surface area contributed by atoms with Gasteiger partial charge in [-0.05, 0) is 43.9 Å². The van der Waals surface area contributed by atoms with Gasteiger partial charge in [-0.25, -0.2) is 0 Å². The van der Waals surface area contributed by atoms with E-state index in [9.17, 15) is 4.79 Å². The monoisotopic (exact) mass is 247 g/mol. The summed E-state index contributed by atoms with van der Waals surface area (Å²) < 4.78 is 0. The van der Waals surface area contributed by atoms with Gasteiger partial charge >= 0.3 is 0 Å². The number of benzene rings is 1. The smallest absolute Gasteiger partial charge is 0.253 e. The van der Waals surface area contributed by atoms with E-state index >= 15 is 0 Å². The second kappa shape index (κ2) is 5.29. The topological polar surface area (TPSA) is 67.2 Å². The highest BCUT2D eigenvalue weighted by atomic mass is 16.1. The van der Waals surface area contributed by atoms with Gasteiger partial charge in [0.2, 0.25) is 0 Å². The number of rotatable bonds is 4. The Morgan fingerprint density at radius 1 is 1.44 bits per heavy atom. The number of carbonyl (C=O) groups excluding carboxylic acids is 1. The maximum Gasteiger partial charge on any atom is 0.253 e. The molecule has 0 unspecified atom stereocenters. The lowest BCUT2D eigenvalue weighted by Crippen LogP contribution is -2.35. The maximum atomic E-state index is 11.9. The lowest BCUT2D eigenvalue weighted by molar-refractivity contribution is 0.0956. The van der Waals surface area contributed by atoms with Gasteiger partial charge in [0.1, 0.15) is 0 Å². The van der Waals surface area contributed by atoms with Crippen molar-refractivity contribution in [3.63, 3.8) is 0 Å². The summed E-state index contributed by atoms with van der Waals surface area (Å²) in [5, 5.41) is 6.24. The van der Waals surface area contributed by atoms with Crippen LogP contribution in [-0.2, 0) is 0 Å².